The predicted molar refractivity (Wildman–Crippen MR) is 52.9 cm³/mol. The van der Waals surface area contributed by atoms with Crippen molar-refractivity contribution in [3.05, 3.63) is 11.1 Å². The summed E-state index contributed by atoms with van der Waals surface area (Å²) in [5.74, 6) is 0. The highest BCUT2D eigenvalue weighted by molar-refractivity contribution is 7.11. The van der Waals surface area contributed by atoms with Crippen LogP contribution >= 0.6 is 11.3 Å². The topological polar surface area (TPSA) is 48.1 Å². The summed E-state index contributed by atoms with van der Waals surface area (Å²) in [6.45, 7) is 0.504. The van der Waals surface area contributed by atoms with Gasteiger partial charge in [0.05, 0.1) is 5.69 Å². The summed E-state index contributed by atoms with van der Waals surface area (Å²) in [5.41, 5.74) is 6.39. The van der Waals surface area contributed by atoms with Crippen LogP contribution in [0.4, 0.5) is 0 Å². The molecule has 1 aliphatic rings. The molecule has 0 bridgehead atoms. The second kappa shape index (κ2) is 4.07. The highest BCUT2D eigenvalue weighted by Gasteiger charge is 2.17. The van der Waals surface area contributed by atoms with E-state index in [1.807, 2.05) is 5.38 Å². The molecule has 0 spiro atoms. The van der Waals surface area contributed by atoms with Crippen LogP contribution in [0.3, 0.4) is 0 Å². The van der Waals surface area contributed by atoms with E-state index in [1.54, 1.807) is 11.3 Å². The Bertz CT molecular complexity index is 268. The van der Waals surface area contributed by atoms with E-state index in [-0.39, 0.29) is 0 Å². The minimum absolute atomic E-state index is 0.400. The average Bonchev–Trinajstić information content (AvgIpc) is 2.76. The molecule has 0 aliphatic heterocycles. The highest BCUT2D eigenvalue weighted by atomic mass is 32.1. The fourth-order valence-electron chi connectivity index (χ4n) is 1.59. The third-order valence-corrected chi connectivity index (χ3v) is 3.09. The smallest absolute Gasteiger partial charge is 0.273 e. The van der Waals surface area contributed by atoms with Crippen molar-refractivity contribution in [2.45, 2.75) is 38.3 Å². The summed E-state index contributed by atoms with van der Waals surface area (Å²) in [5, 5.41) is 2.75. The maximum atomic E-state index is 5.71. The largest absolute Gasteiger partial charge is 0.467 e. The molecule has 1 aromatic rings. The van der Waals surface area contributed by atoms with Gasteiger partial charge in [-0.05, 0) is 25.7 Å². The lowest BCUT2D eigenvalue weighted by atomic mass is 10.3. The van der Waals surface area contributed by atoms with Crippen molar-refractivity contribution >= 4 is 11.3 Å². The van der Waals surface area contributed by atoms with E-state index in [0.717, 1.165) is 10.9 Å². The van der Waals surface area contributed by atoms with Gasteiger partial charge in [-0.3, -0.25) is 0 Å². The van der Waals surface area contributed by atoms with Gasteiger partial charge in [0.15, 0.2) is 0 Å². The standard InChI is InChI=1S/C9H14N2OS/c10-5-7-6-13-9(11-7)12-8-3-1-2-4-8/h6,8H,1-5,10H2. The van der Waals surface area contributed by atoms with Crippen molar-refractivity contribution in [2.24, 2.45) is 5.73 Å². The van der Waals surface area contributed by atoms with Crippen LogP contribution in [0.15, 0.2) is 5.38 Å². The summed E-state index contributed by atoms with van der Waals surface area (Å²) in [7, 11) is 0. The van der Waals surface area contributed by atoms with E-state index in [0.29, 0.717) is 12.6 Å². The van der Waals surface area contributed by atoms with E-state index in [9.17, 15) is 0 Å². The Hall–Kier alpha value is -0.610. The highest BCUT2D eigenvalue weighted by Crippen LogP contribution is 2.26. The third kappa shape index (κ3) is 2.19. The lowest BCUT2D eigenvalue weighted by Gasteiger charge is -2.08. The van der Waals surface area contributed by atoms with Crippen molar-refractivity contribution in [3.63, 3.8) is 0 Å². The van der Waals surface area contributed by atoms with E-state index in [1.165, 1.54) is 25.7 Å². The van der Waals surface area contributed by atoms with Crippen LogP contribution in [0.5, 0.6) is 5.19 Å². The molecule has 1 aromatic heterocycles. The molecule has 1 fully saturated rings. The third-order valence-electron chi connectivity index (χ3n) is 2.31. The summed E-state index contributed by atoms with van der Waals surface area (Å²) in [6, 6.07) is 0. The Morgan fingerprint density at radius 2 is 2.31 bits per heavy atom. The van der Waals surface area contributed by atoms with Gasteiger partial charge in [0, 0.05) is 11.9 Å². The molecule has 13 heavy (non-hydrogen) atoms. The van der Waals surface area contributed by atoms with E-state index in [4.69, 9.17) is 10.5 Å². The number of rotatable bonds is 3. The summed E-state index contributed by atoms with van der Waals surface area (Å²) in [6.07, 6.45) is 5.34. The molecule has 1 heterocycles. The predicted octanol–water partition coefficient (Wildman–Crippen LogP) is 1.92. The van der Waals surface area contributed by atoms with E-state index < -0.39 is 0 Å². The molecule has 72 valence electrons. The summed E-state index contributed by atoms with van der Waals surface area (Å²) in [4.78, 5) is 4.26. The first-order valence-electron chi connectivity index (χ1n) is 4.69. The van der Waals surface area contributed by atoms with Gasteiger partial charge in [0.1, 0.15) is 6.10 Å². The summed E-state index contributed by atoms with van der Waals surface area (Å²) >= 11 is 1.55. The molecule has 0 saturated heterocycles. The maximum absolute atomic E-state index is 5.71. The van der Waals surface area contributed by atoms with Crippen LogP contribution in [0.25, 0.3) is 0 Å². The van der Waals surface area contributed by atoms with E-state index >= 15 is 0 Å². The molecule has 2 N–H and O–H groups in total. The Balaban J connectivity index is 1.92. The zero-order chi connectivity index (χ0) is 9.10. The van der Waals surface area contributed by atoms with Crippen LogP contribution in [0.1, 0.15) is 31.4 Å². The molecule has 2 rings (SSSR count). The minimum atomic E-state index is 0.400. The molecule has 3 nitrogen and oxygen atoms in total. The van der Waals surface area contributed by atoms with Crippen molar-refractivity contribution < 1.29 is 4.74 Å². The van der Waals surface area contributed by atoms with Crippen LogP contribution < -0.4 is 10.5 Å². The number of nitrogens with zero attached hydrogens (tertiary/aromatic N) is 1. The zero-order valence-electron chi connectivity index (χ0n) is 7.53. The fraction of sp³-hybridized carbons (Fsp3) is 0.667. The van der Waals surface area contributed by atoms with Gasteiger partial charge in [-0.2, -0.15) is 0 Å². The van der Waals surface area contributed by atoms with Crippen LogP contribution in [0, 0.1) is 0 Å². The van der Waals surface area contributed by atoms with Crippen molar-refractivity contribution in [1.82, 2.24) is 4.98 Å². The molecule has 0 aromatic carbocycles. The Labute approximate surface area is 81.9 Å². The van der Waals surface area contributed by atoms with Gasteiger partial charge >= 0.3 is 0 Å². The van der Waals surface area contributed by atoms with Crippen molar-refractivity contribution in [3.8, 4) is 5.19 Å². The van der Waals surface area contributed by atoms with Gasteiger partial charge in [0.2, 0.25) is 0 Å². The molecular formula is C9H14N2OS. The SMILES string of the molecule is NCc1csc(OC2CCCC2)n1. The van der Waals surface area contributed by atoms with Gasteiger partial charge < -0.3 is 10.5 Å². The lowest BCUT2D eigenvalue weighted by Crippen LogP contribution is -2.10. The second-order valence-electron chi connectivity index (χ2n) is 3.33. The zero-order valence-corrected chi connectivity index (χ0v) is 8.35. The van der Waals surface area contributed by atoms with E-state index in [2.05, 4.69) is 4.98 Å². The molecule has 0 amide bonds. The number of ether oxygens (including phenoxy) is 1. The van der Waals surface area contributed by atoms with Crippen LogP contribution in [0.2, 0.25) is 0 Å². The lowest BCUT2D eigenvalue weighted by molar-refractivity contribution is 0.209. The molecule has 0 atom stereocenters. The quantitative estimate of drug-likeness (QED) is 0.807. The van der Waals surface area contributed by atoms with Crippen molar-refractivity contribution in [1.29, 1.82) is 0 Å². The molecule has 0 unspecified atom stereocenters. The maximum Gasteiger partial charge on any atom is 0.273 e. The van der Waals surface area contributed by atoms with Crippen LogP contribution in [-0.4, -0.2) is 11.1 Å². The monoisotopic (exact) mass is 198 g/mol. The number of hydrogen-bond donors (Lipinski definition) is 1. The van der Waals surface area contributed by atoms with Crippen molar-refractivity contribution in [2.75, 3.05) is 0 Å². The minimum Gasteiger partial charge on any atom is -0.467 e. The van der Waals surface area contributed by atoms with Gasteiger partial charge in [-0.1, -0.05) is 11.3 Å². The van der Waals surface area contributed by atoms with Gasteiger partial charge in [0.25, 0.3) is 5.19 Å². The fourth-order valence-corrected chi connectivity index (χ4v) is 2.33. The van der Waals surface area contributed by atoms with Gasteiger partial charge in [-0.25, -0.2) is 4.98 Å². The van der Waals surface area contributed by atoms with Crippen LogP contribution in [-0.2, 0) is 6.54 Å². The molecule has 1 aliphatic carbocycles. The number of aromatic nitrogens is 1. The second-order valence-corrected chi connectivity index (χ2v) is 4.15. The first kappa shape index (κ1) is 8.97. The first-order valence-corrected chi connectivity index (χ1v) is 5.57. The Kier molecular flexibility index (Phi) is 2.80. The average molecular weight is 198 g/mol. The number of nitrogens with two attached hydrogens (primary N) is 1. The molecular weight excluding hydrogens is 184 g/mol. The number of hydrogen-bond acceptors (Lipinski definition) is 4. The first-order chi connectivity index (χ1) is 6.38. The summed E-state index contributed by atoms with van der Waals surface area (Å²) < 4.78 is 5.71. The molecule has 1 saturated carbocycles. The van der Waals surface area contributed by atoms with Gasteiger partial charge in [-0.15, -0.1) is 0 Å². The Morgan fingerprint density at radius 3 is 2.92 bits per heavy atom. The number of thiazole rings is 1. The molecule has 4 heteroatoms. The molecule has 0 radical (unpaired) electrons. The normalized spacial score (nSPS) is 17.9. The Morgan fingerprint density at radius 1 is 1.54 bits per heavy atom.